The van der Waals surface area contributed by atoms with Crippen molar-refractivity contribution in [3.63, 3.8) is 0 Å². The van der Waals surface area contributed by atoms with Crippen molar-refractivity contribution in [3.8, 4) is 5.75 Å². The molecule has 0 atom stereocenters. The van der Waals surface area contributed by atoms with Crippen LogP contribution in [0.2, 0.25) is 0 Å². The number of ether oxygens (including phenoxy) is 2. The normalized spacial score (nSPS) is 11.6. The summed E-state index contributed by atoms with van der Waals surface area (Å²) in [6, 6.07) is 8.87. The molecule has 28 heavy (non-hydrogen) atoms. The van der Waals surface area contributed by atoms with Crippen LogP contribution in [0.3, 0.4) is 0 Å². The van der Waals surface area contributed by atoms with E-state index in [1.165, 1.54) is 32.4 Å². The van der Waals surface area contributed by atoms with Crippen molar-refractivity contribution in [2.24, 2.45) is 0 Å². The Morgan fingerprint density at radius 1 is 1.11 bits per heavy atom. The number of carbonyl (C=O) groups excluding carboxylic acids is 1. The predicted octanol–water partition coefficient (Wildman–Crippen LogP) is 3.36. The minimum atomic E-state index is -4.01. The molecule has 3 rings (SSSR count). The second-order valence-corrected chi connectivity index (χ2v) is 8.19. The molecule has 148 valence electrons. The number of aromatic nitrogens is 1. The van der Waals surface area contributed by atoms with Crippen LogP contribution < -0.4 is 4.74 Å². The monoisotopic (exact) mass is 405 g/mol. The number of esters is 1. The third-order valence-electron chi connectivity index (χ3n) is 4.66. The first-order chi connectivity index (χ1) is 13.2. The van der Waals surface area contributed by atoms with E-state index >= 15 is 0 Å². The Morgan fingerprint density at radius 3 is 2.32 bits per heavy atom. The molecular weight excluding hydrogens is 385 g/mol. The highest BCUT2D eigenvalue weighted by molar-refractivity contribution is 7.90. The first-order valence-corrected chi connectivity index (χ1v) is 9.91. The fourth-order valence-corrected chi connectivity index (χ4v) is 4.74. The van der Waals surface area contributed by atoms with Crippen LogP contribution in [0.1, 0.15) is 16.8 Å². The van der Waals surface area contributed by atoms with Crippen LogP contribution in [0.15, 0.2) is 41.3 Å². The minimum absolute atomic E-state index is 0.0384. The van der Waals surface area contributed by atoms with Crippen LogP contribution in [0.4, 0.5) is 4.39 Å². The first kappa shape index (κ1) is 19.9. The Balaban J connectivity index is 2.36. The van der Waals surface area contributed by atoms with Gasteiger partial charge in [0.05, 0.1) is 31.1 Å². The van der Waals surface area contributed by atoms with E-state index in [9.17, 15) is 17.6 Å². The third kappa shape index (κ3) is 3.24. The van der Waals surface area contributed by atoms with Gasteiger partial charge in [0.25, 0.3) is 10.0 Å². The van der Waals surface area contributed by atoms with Crippen LogP contribution in [-0.2, 0) is 26.0 Å². The summed E-state index contributed by atoms with van der Waals surface area (Å²) in [6.07, 6.45) is -0.149. The number of fused-ring (bicyclic) bond motifs is 1. The fraction of sp³-hybridized carbons (Fsp3) is 0.250. The highest BCUT2D eigenvalue weighted by Crippen LogP contribution is 2.34. The van der Waals surface area contributed by atoms with Crippen LogP contribution in [-0.4, -0.2) is 32.6 Å². The second-order valence-electron chi connectivity index (χ2n) is 6.40. The molecule has 0 aliphatic rings. The van der Waals surface area contributed by atoms with Gasteiger partial charge < -0.3 is 9.47 Å². The Morgan fingerprint density at radius 2 is 1.75 bits per heavy atom. The summed E-state index contributed by atoms with van der Waals surface area (Å²) in [6.45, 7) is 3.43. The molecule has 0 radical (unpaired) electrons. The van der Waals surface area contributed by atoms with Gasteiger partial charge in [-0.1, -0.05) is 17.7 Å². The zero-order valence-corrected chi connectivity index (χ0v) is 16.8. The van der Waals surface area contributed by atoms with E-state index in [-0.39, 0.29) is 22.6 Å². The molecule has 8 heteroatoms. The average molecular weight is 405 g/mol. The molecule has 3 aromatic rings. The number of benzene rings is 2. The molecule has 0 spiro atoms. The smallest absolute Gasteiger partial charge is 0.310 e. The maximum atomic E-state index is 14.4. The third-order valence-corrected chi connectivity index (χ3v) is 6.48. The summed E-state index contributed by atoms with van der Waals surface area (Å²) in [7, 11) is -1.45. The summed E-state index contributed by atoms with van der Waals surface area (Å²) in [4.78, 5) is 11.9. The van der Waals surface area contributed by atoms with Crippen molar-refractivity contribution in [1.82, 2.24) is 3.97 Å². The van der Waals surface area contributed by atoms with Crippen LogP contribution in [0, 0.1) is 19.7 Å². The van der Waals surface area contributed by atoms with Gasteiger partial charge in [0, 0.05) is 17.1 Å². The van der Waals surface area contributed by atoms with Crippen LogP contribution >= 0.6 is 0 Å². The van der Waals surface area contributed by atoms with E-state index in [0.29, 0.717) is 16.6 Å². The summed E-state index contributed by atoms with van der Waals surface area (Å²) < 4.78 is 51.8. The van der Waals surface area contributed by atoms with E-state index in [4.69, 9.17) is 9.47 Å². The Bertz CT molecular complexity index is 1160. The molecule has 1 heterocycles. The van der Waals surface area contributed by atoms with E-state index < -0.39 is 21.8 Å². The molecule has 0 bridgehead atoms. The average Bonchev–Trinajstić information content (AvgIpc) is 2.92. The Labute approximate surface area is 162 Å². The highest BCUT2D eigenvalue weighted by atomic mass is 32.2. The molecule has 6 nitrogen and oxygen atoms in total. The topological polar surface area (TPSA) is 74.6 Å². The largest absolute Gasteiger partial charge is 0.494 e. The molecule has 0 amide bonds. The van der Waals surface area contributed by atoms with Gasteiger partial charge in [-0.15, -0.1) is 0 Å². The minimum Gasteiger partial charge on any atom is -0.494 e. The first-order valence-electron chi connectivity index (χ1n) is 8.47. The maximum Gasteiger partial charge on any atom is 0.310 e. The lowest BCUT2D eigenvalue weighted by atomic mass is 10.1. The maximum absolute atomic E-state index is 14.4. The lowest BCUT2D eigenvalue weighted by Gasteiger charge is -2.11. The van der Waals surface area contributed by atoms with Crippen molar-refractivity contribution < 1.29 is 27.1 Å². The zero-order valence-electron chi connectivity index (χ0n) is 15.9. The standard InChI is InChI=1S/C20H20FNO5S/c1-12-5-7-14(8-6-12)28(24,25)22-13(2)15(10-20(23)27-4)16-9-19(26-3)17(21)11-18(16)22/h5-9,11H,10H2,1-4H3. The van der Waals surface area contributed by atoms with Gasteiger partial charge >= 0.3 is 5.97 Å². The Kier molecular flexibility index (Phi) is 5.16. The van der Waals surface area contributed by atoms with E-state index in [0.717, 1.165) is 15.6 Å². The van der Waals surface area contributed by atoms with Crippen molar-refractivity contribution in [3.05, 3.63) is 59.0 Å². The Hall–Kier alpha value is -2.87. The lowest BCUT2D eigenvalue weighted by molar-refractivity contribution is -0.139. The van der Waals surface area contributed by atoms with Gasteiger partial charge in [-0.05, 0) is 37.6 Å². The van der Waals surface area contributed by atoms with E-state index in [1.807, 2.05) is 6.92 Å². The highest BCUT2D eigenvalue weighted by Gasteiger charge is 2.27. The molecule has 0 unspecified atom stereocenters. The number of carbonyl (C=O) groups is 1. The number of rotatable bonds is 5. The van der Waals surface area contributed by atoms with Crippen molar-refractivity contribution in [2.45, 2.75) is 25.2 Å². The van der Waals surface area contributed by atoms with Crippen molar-refractivity contribution >= 4 is 26.9 Å². The molecule has 0 saturated heterocycles. The van der Waals surface area contributed by atoms with Crippen LogP contribution in [0.25, 0.3) is 10.9 Å². The molecule has 1 aromatic heterocycles. The van der Waals surface area contributed by atoms with Gasteiger partial charge in [0.15, 0.2) is 11.6 Å². The molecule has 0 aliphatic heterocycles. The second kappa shape index (κ2) is 7.27. The van der Waals surface area contributed by atoms with Gasteiger partial charge in [0.1, 0.15) is 0 Å². The number of halogens is 1. The quantitative estimate of drug-likeness (QED) is 0.609. The van der Waals surface area contributed by atoms with Crippen molar-refractivity contribution in [1.29, 1.82) is 0 Å². The van der Waals surface area contributed by atoms with Gasteiger partial charge in [-0.2, -0.15) is 0 Å². The number of methoxy groups -OCH3 is 2. The summed E-state index contributed by atoms with van der Waals surface area (Å²) in [5.41, 5.74) is 1.80. The predicted molar refractivity (Wildman–Crippen MR) is 103 cm³/mol. The number of aryl methyl sites for hydroxylation is 1. The van der Waals surface area contributed by atoms with Crippen LogP contribution in [0.5, 0.6) is 5.75 Å². The SMILES string of the molecule is COC(=O)Cc1c(C)n(S(=O)(=O)c2ccc(C)cc2)c2cc(F)c(OC)cc12. The van der Waals surface area contributed by atoms with E-state index in [1.54, 1.807) is 19.1 Å². The fourth-order valence-electron chi connectivity index (χ4n) is 3.17. The molecule has 0 aliphatic carbocycles. The number of hydrogen-bond donors (Lipinski definition) is 0. The number of nitrogens with zero attached hydrogens (tertiary/aromatic N) is 1. The molecule has 0 fully saturated rings. The summed E-state index contributed by atoms with van der Waals surface area (Å²) >= 11 is 0. The molecule has 2 aromatic carbocycles. The summed E-state index contributed by atoms with van der Waals surface area (Å²) in [5.74, 6) is -1.26. The molecule has 0 saturated carbocycles. The van der Waals surface area contributed by atoms with E-state index in [2.05, 4.69) is 0 Å². The molecule has 0 N–H and O–H groups in total. The molecular formula is C20H20FNO5S. The van der Waals surface area contributed by atoms with Crippen molar-refractivity contribution in [2.75, 3.05) is 14.2 Å². The summed E-state index contributed by atoms with van der Waals surface area (Å²) in [5, 5.41) is 0.414. The van der Waals surface area contributed by atoms with Gasteiger partial charge in [0.2, 0.25) is 0 Å². The number of hydrogen-bond acceptors (Lipinski definition) is 5. The zero-order chi connectivity index (χ0) is 20.6. The van der Waals surface area contributed by atoms with Gasteiger partial charge in [-0.25, -0.2) is 16.8 Å². The van der Waals surface area contributed by atoms with Gasteiger partial charge in [-0.3, -0.25) is 4.79 Å². The lowest BCUT2D eigenvalue weighted by Crippen LogP contribution is -2.15.